The third kappa shape index (κ3) is 23.8. The molecule has 1 aliphatic rings. The highest BCUT2D eigenvalue weighted by Crippen LogP contribution is 2.43. The second-order valence-electron chi connectivity index (χ2n) is 11.2. The lowest BCUT2D eigenvalue weighted by atomic mass is 10.1. The Balaban J connectivity index is 2.21. The summed E-state index contributed by atoms with van der Waals surface area (Å²) < 4.78 is 38.5. The first-order chi connectivity index (χ1) is 20.4. The average Bonchev–Trinajstić information content (AvgIpc) is 3.67. The molecule has 11 heteroatoms. The smallest absolute Gasteiger partial charge is 0.462 e. The van der Waals surface area contributed by atoms with Crippen LogP contribution in [0.4, 0.5) is 0 Å². The van der Waals surface area contributed by atoms with Crippen LogP contribution in [0.3, 0.4) is 0 Å². The van der Waals surface area contributed by atoms with E-state index in [0.29, 0.717) is 29.7 Å². The monoisotopic (exact) mass is 626 g/mol. The van der Waals surface area contributed by atoms with E-state index < -0.39 is 32.5 Å². The van der Waals surface area contributed by atoms with Gasteiger partial charge >= 0.3 is 19.8 Å². The molecule has 4 atom stereocenters. The fourth-order valence-corrected chi connectivity index (χ4v) is 4.31. The number of phosphoric ester groups is 1. The predicted molar refractivity (Wildman–Crippen MR) is 168 cm³/mol. The van der Waals surface area contributed by atoms with E-state index >= 15 is 0 Å². The van der Waals surface area contributed by atoms with Crippen LogP contribution < -0.4 is 0 Å². The Morgan fingerprint density at radius 2 is 1.42 bits per heavy atom. The molecule has 1 N–H and O–H groups in total. The van der Waals surface area contributed by atoms with Gasteiger partial charge in [-0.15, -0.1) is 0 Å². The second kappa shape index (κ2) is 22.2. The molecule has 10 nitrogen and oxygen atoms in total. The molecule has 244 valence electrons. The number of hydrogen-bond acceptors (Lipinski definition) is 8. The summed E-state index contributed by atoms with van der Waals surface area (Å²) in [5.41, 5.74) is 0. The lowest BCUT2D eigenvalue weighted by molar-refractivity contribution is -0.870. The van der Waals surface area contributed by atoms with Crippen molar-refractivity contribution in [1.29, 1.82) is 0 Å². The first kappa shape index (κ1) is 38.7. The molecule has 0 radical (unpaired) electrons. The zero-order valence-corrected chi connectivity index (χ0v) is 27.5. The van der Waals surface area contributed by atoms with Gasteiger partial charge in [-0.2, -0.15) is 0 Å². The maximum atomic E-state index is 12.3. The molecular weight excluding hydrogens is 573 g/mol. The Morgan fingerprint density at radius 3 is 1.98 bits per heavy atom. The summed E-state index contributed by atoms with van der Waals surface area (Å²) in [4.78, 5) is 33.3. The minimum absolute atomic E-state index is 0.0105. The molecule has 1 fully saturated rings. The van der Waals surface area contributed by atoms with E-state index in [1.807, 2.05) is 33.3 Å². The summed E-state index contributed by atoms with van der Waals surface area (Å²) in [7, 11) is 1.40. The number of nitrogens with zero attached hydrogens (tertiary/aromatic N) is 1. The van der Waals surface area contributed by atoms with Gasteiger partial charge in [0, 0.05) is 13.3 Å². The standard InChI is InChI=1S/C32H52NO9P/c1-6-7-18-21-30-31(42-30)22-19-16-14-12-10-8-9-11-13-15-17-20-23-32(35)41-29(26-38-28(2)34)27-40-43(36,37)39-25-24-33(3,4)5/h7,9-12,15-19,29-31H,6,8,13-14,20-27H2,1-5H3/p+1/b11-9-,12-10-,17-15-,18-7-,19-16-/t29-,30?,31?/m1/s1. The summed E-state index contributed by atoms with van der Waals surface area (Å²) in [6.45, 7) is 3.11. The number of likely N-dealkylation sites (N-methyl/N-ethyl adjacent to an activating group) is 1. The Bertz CT molecular complexity index is 997. The number of allylic oxidation sites excluding steroid dienone is 8. The number of quaternary nitrogens is 1. The van der Waals surface area contributed by atoms with E-state index in [-0.39, 0.29) is 19.6 Å². The maximum absolute atomic E-state index is 12.3. The van der Waals surface area contributed by atoms with Gasteiger partial charge in [-0.3, -0.25) is 18.6 Å². The minimum Gasteiger partial charge on any atom is -0.462 e. The summed E-state index contributed by atoms with van der Waals surface area (Å²) >= 11 is 0. The number of phosphoric acid groups is 1. The summed E-state index contributed by atoms with van der Waals surface area (Å²) in [6.07, 6.45) is 27.0. The van der Waals surface area contributed by atoms with Crippen molar-refractivity contribution in [2.45, 2.75) is 83.5 Å². The molecule has 0 aromatic carbocycles. The van der Waals surface area contributed by atoms with Gasteiger partial charge < -0.3 is 23.6 Å². The predicted octanol–water partition coefficient (Wildman–Crippen LogP) is 5.99. The molecule has 0 aromatic heterocycles. The van der Waals surface area contributed by atoms with Crippen LogP contribution in [-0.2, 0) is 37.4 Å². The van der Waals surface area contributed by atoms with Crippen LogP contribution in [0.5, 0.6) is 0 Å². The van der Waals surface area contributed by atoms with Gasteiger partial charge in [0.1, 0.15) is 19.8 Å². The van der Waals surface area contributed by atoms with Crippen molar-refractivity contribution in [3.8, 4) is 0 Å². The van der Waals surface area contributed by atoms with Crippen molar-refractivity contribution >= 4 is 19.8 Å². The van der Waals surface area contributed by atoms with Gasteiger partial charge in [-0.25, -0.2) is 4.57 Å². The Morgan fingerprint density at radius 1 is 0.860 bits per heavy atom. The van der Waals surface area contributed by atoms with E-state index in [9.17, 15) is 19.0 Å². The molecule has 0 amide bonds. The number of carbonyl (C=O) groups excluding carboxylic acids is 2. The number of ether oxygens (including phenoxy) is 3. The highest BCUT2D eigenvalue weighted by Gasteiger charge is 2.36. The van der Waals surface area contributed by atoms with Crippen LogP contribution >= 0.6 is 7.82 Å². The van der Waals surface area contributed by atoms with Crippen molar-refractivity contribution in [3.63, 3.8) is 0 Å². The summed E-state index contributed by atoms with van der Waals surface area (Å²) in [6, 6.07) is 0. The Kier molecular flexibility index (Phi) is 20.0. The van der Waals surface area contributed by atoms with Crippen LogP contribution in [0.2, 0.25) is 0 Å². The maximum Gasteiger partial charge on any atom is 0.472 e. The van der Waals surface area contributed by atoms with Gasteiger partial charge in [-0.1, -0.05) is 67.7 Å². The number of rotatable bonds is 24. The topological polar surface area (TPSA) is 121 Å². The van der Waals surface area contributed by atoms with Crippen molar-refractivity contribution in [1.82, 2.24) is 0 Å². The highest BCUT2D eigenvalue weighted by atomic mass is 31.2. The quantitative estimate of drug-likeness (QED) is 0.0453. The van der Waals surface area contributed by atoms with E-state index in [1.165, 1.54) is 6.92 Å². The third-order valence-corrected chi connectivity index (χ3v) is 7.02. The van der Waals surface area contributed by atoms with Gasteiger partial charge in [-0.05, 0) is 44.9 Å². The number of epoxide rings is 1. The Labute approximate surface area is 258 Å². The molecule has 1 saturated heterocycles. The first-order valence-corrected chi connectivity index (χ1v) is 16.6. The van der Waals surface area contributed by atoms with Crippen molar-refractivity contribution in [2.75, 3.05) is 47.5 Å². The van der Waals surface area contributed by atoms with Crippen molar-refractivity contribution < 1.29 is 46.8 Å². The van der Waals surface area contributed by atoms with Crippen molar-refractivity contribution in [3.05, 3.63) is 60.8 Å². The molecular formula is C32H53NO9P+. The molecule has 0 saturated carbocycles. The SMILES string of the molecule is CC/C=C\CC1OC1C/C=C\C/C=C\C/C=C\C/C=C\CCC(=O)O[C@H](COC(C)=O)COP(=O)(O)OCC[N+](C)(C)C. The van der Waals surface area contributed by atoms with Crippen LogP contribution in [0.25, 0.3) is 0 Å². The summed E-state index contributed by atoms with van der Waals surface area (Å²) in [5, 5.41) is 0. The normalized spacial score (nSPS) is 19.6. The van der Waals surface area contributed by atoms with E-state index in [2.05, 4.69) is 55.5 Å². The van der Waals surface area contributed by atoms with Gasteiger partial charge in [0.15, 0.2) is 6.10 Å². The van der Waals surface area contributed by atoms with Crippen LogP contribution in [0.1, 0.15) is 65.2 Å². The Hall–Kier alpha value is -2.33. The first-order valence-electron chi connectivity index (χ1n) is 15.1. The largest absolute Gasteiger partial charge is 0.472 e. The van der Waals surface area contributed by atoms with Crippen LogP contribution in [-0.4, -0.2) is 87.1 Å². The number of esters is 2. The van der Waals surface area contributed by atoms with E-state index in [0.717, 1.165) is 38.5 Å². The molecule has 0 aromatic rings. The zero-order valence-electron chi connectivity index (χ0n) is 26.6. The van der Waals surface area contributed by atoms with Crippen LogP contribution in [0.15, 0.2) is 60.8 Å². The van der Waals surface area contributed by atoms with Gasteiger partial charge in [0.2, 0.25) is 0 Å². The lowest BCUT2D eigenvalue weighted by Gasteiger charge is -2.24. The molecule has 0 bridgehead atoms. The fraction of sp³-hybridized carbons (Fsp3) is 0.625. The fourth-order valence-electron chi connectivity index (χ4n) is 3.57. The molecule has 1 rings (SSSR count). The molecule has 1 heterocycles. The van der Waals surface area contributed by atoms with E-state index in [1.54, 1.807) is 0 Å². The van der Waals surface area contributed by atoms with Crippen molar-refractivity contribution in [2.24, 2.45) is 0 Å². The van der Waals surface area contributed by atoms with Crippen LogP contribution in [0, 0.1) is 0 Å². The molecule has 3 unspecified atom stereocenters. The van der Waals surface area contributed by atoms with Gasteiger partial charge in [0.05, 0.1) is 40.0 Å². The molecule has 0 spiro atoms. The lowest BCUT2D eigenvalue weighted by Crippen LogP contribution is -2.37. The number of carbonyl (C=O) groups is 2. The minimum atomic E-state index is -4.35. The second-order valence-corrected chi connectivity index (χ2v) is 12.7. The third-order valence-electron chi connectivity index (χ3n) is 6.04. The number of hydrogen-bond donors (Lipinski definition) is 1. The molecule has 1 aliphatic heterocycles. The zero-order chi connectivity index (χ0) is 32.0. The summed E-state index contributed by atoms with van der Waals surface area (Å²) in [5.74, 6) is -1.10. The highest BCUT2D eigenvalue weighted by molar-refractivity contribution is 7.47. The van der Waals surface area contributed by atoms with E-state index in [4.69, 9.17) is 23.3 Å². The average molecular weight is 627 g/mol. The molecule has 43 heavy (non-hydrogen) atoms. The molecule has 0 aliphatic carbocycles. The van der Waals surface area contributed by atoms with Gasteiger partial charge in [0.25, 0.3) is 0 Å².